The highest BCUT2D eigenvalue weighted by molar-refractivity contribution is 7.05. The first-order chi connectivity index (χ1) is 9.70. The number of aromatic nitrogens is 2. The van der Waals surface area contributed by atoms with Gasteiger partial charge in [0.25, 0.3) is 0 Å². The Morgan fingerprint density at radius 3 is 2.95 bits per heavy atom. The van der Waals surface area contributed by atoms with Gasteiger partial charge in [0.2, 0.25) is 0 Å². The minimum Gasteiger partial charge on any atom is -0.457 e. The Morgan fingerprint density at radius 2 is 2.30 bits per heavy atom. The fourth-order valence-corrected chi connectivity index (χ4v) is 3.17. The van der Waals surface area contributed by atoms with E-state index in [0.29, 0.717) is 5.02 Å². The first-order valence-electron chi connectivity index (χ1n) is 6.41. The molecule has 0 saturated carbocycles. The SMILES string of the molecule is CCNC(c1cc2cccc(Cl)c2o1)c1snnc1C. The number of benzene rings is 1. The molecule has 2 aromatic heterocycles. The van der Waals surface area contributed by atoms with Gasteiger partial charge in [-0.2, -0.15) is 0 Å². The van der Waals surface area contributed by atoms with Crippen LogP contribution >= 0.6 is 23.1 Å². The molecule has 1 unspecified atom stereocenters. The van der Waals surface area contributed by atoms with E-state index in [0.717, 1.165) is 33.8 Å². The van der Waals surface area contributed by atoms with Crippen molar-refractivity contribution in [3.63, 3.8) is 0 Å². The summed E-state index contributed by atoms with van der Waals surface area (Å²) in [5.74, 6) is 0.837. The third-order valence-electron chi connectivity index (χ3n) is 3.16. The van der Waals surface area contributed by atoms with Crippen molar-refractivity contribution in [3.05, 3.63) is 45.6 Å². The number of rotatable bonds is 4. The van der Waals surface area contributed by atoms with Crippen LogP contribution in [0.3, 0.4) is 0 Å². The number of halogens is 1. The molecule has 0 aliphatic rings. The van der Waals surface area contributed by atoms with Crippen molar-refractivity contribution in [1.29, 1.82) is 0 Å². The Labute approximate surface area is 125 Å². The lowest BCUT2D eigenvalue weighted by molar-refractivity contribution is 0.479. The number of hydrogen-bond donors (Lipinski definition) is 1. The third kappa shape index (κ3) is 2.32. The highest BCUT2D eigenvalue weighted by Crippen LogP contribution is 2.33. The summed E-state index contributed by atoms with van der Waals surface area (Å²) < 4.78 is 9.95. The second kappa shape index (κ2) is 5.52. The van der Waals surface area contributed by atoms with E-state index in [9.17, 15) is 0 Å². The van der Waals surface area contributed by atoms with Crippen LogP contribution in [0.2, 0.25) is 5.02 Å². The molecule has 0 spiro atoms. The summed E-state index contributed by atoms with van der Waals surface area (Å²) in [4.78, 5) is 1.07. The number of fused-ring (bicyclic) bond motifs is 1. The molecule has 0 radical (unpaired) electrons. The van der Waals surface area contributed by atoms with Crippen molar-refractivity contribution in [2.75, 3.05) is 6.54 Å². The number of aryl methyl sites for hydroxylation is 1. The highest BCUT2D eigenvalue weighted by atomic mass is 35.5. The predicted octanol–water partition coefficient (Wildman–Crippen LogP) is 3.95. The minimum absolute atomic E-state index is 0.0385. The summed E-state index contributed by atoms with van der Waals surface area (Å²) in [6, 6.07) is 7.73. The quantitative estimate of drug-likeness (QED) is 0.793. The van der Waals surface area contributed by atoms with Crippen LogP contribution in [0.25, 0.3) is 11.0 Å². The van der Waals surface area contributed by atoms with Crippen molar-refractivity contribution in [3.8, 4) is 0 Å². The molecule has 104 valence electrons. The van der Waals surface area contributed by atoms with Crippen molar-refractivity contribution in [1.82, 2.24) is 14.9 Å². The van der Waals surface area contributed by atoms with E-state index in [2.05, 4.69) is 21.8 Å². The van der Waals surface area contributed by atoms with Gasteiger partial charge in [0.1, 0.15) is 11.8 Å². The average molecular weight is 308 g/mol. The van der Waals surface area contributed by atoms with Crippen molar-refractivity contribution >= 4 is 34.1 Å². The fraction of sp³-hybridized carbons (Fsp3) is 0.286. The maximum absolute atomic E-state index is 6.17. The zero-order chi connectivity index (χ0) is 14.1. The van der Waals surface area contributed by atoms with Gasteiger partial charge in [-0.15, -0.1) is 5.10 Å². The molecule has 1 aromatic carbocycles. The van der Waals surface area contributed by atoms with Crippen molar-refractivity contribution in [2.45, 2.75) is 19.9 Å². The zero-order valence-corrected chi connectivity index (χ0v) is 12.8. The Balaban J connectivity index is 2.10. The molecule has 2 heterocycles. The van der Waals surface area contributed by atoms with Crippen LogP contribution in [0, 0.1) is 6.92 Å². The first kappa shape index (κ1) is 13.5. The molecular weight excluding hydrogens is 294 g/mol. The molecule has 6 heteroatoms. The molecule has 0 bridgehead atoms. The average Bonchev–Trinajstić information content (AvgIpc) is 3.03. The van der Waals surface area contributed by atoms with E-state index >= 15 is 0 Å². The van der Waals surface area contributed by atoms with Gasteiger partial charge in [0, 0.05) is 5.39 Å². The Bertz CT molecular complexity index is 737. The van der Waals surface area contributed by atoms with Crippen LogP contribution < -0.4 is 5.32 Å². The normalized spacial score (nSPS) is 12.9. The highest BCUT2D eigenvalue weighted by Gasteiger charge is 2.22. The van der Waals surface area contributed by atoms with E-state index in [1.54, 1.807) is 0 Å². The molecule has 1 N–H and O–H groups in total. The number of nitrogens with one attached hydrogen (secondary N) is 1. The second-order valence-corrected chi connectivity index (χ2v) is 5.71. The van der Waals surface area contributed by atoms with E-state index in [4.69, 9.17) is 16.0 Å². The van der Waals surface area contributed by atoms with E-state index in [-0.39, 0.29) is 6.04 Å². The first-order valence-corrected chi connectivity index (χ1v) is 7.56. The standard InChI is InChI=1S/C14H14ClN3OS/c1-3-16-12(14-8(2)17-18-20-14)11-7-9-5-4-6-10(15)13(9)19-11/h4-7,12,16H,3H2,1-2H3. The third-order valence-corrected chi connectivity index (χ3v) is 4.35. The van der Waals surface area contributed by atoms with Gasteiger partial charge in [-0.25, -0.2) is 0 Å². The van der Waals surface area contributed by atoms with E-state index in [1.807, 2.05) is 31.2 Å². The lowest BCUT2D eigenvalue weighted by atomic mass is 10.1. The van der Waals surface area contributed by atoms with Gasteiger partial charge in [-0.05, 0) is 37.1 Å². The molecule has 4 nitrogen and oxygen atoms in total. The molecule has 1 atom stereocenters. The predicted molar refractivity (Wildman–Crippen MR) is 81.4 cm³/mol. The van der Waals surface area contributed by atoms with Gasteiger partial charge in [-0.1, -0.05) is 35.1 Å². The van der Waals surface area contributed by atoms with Crippen molar-refractivity contribution in [2.24, 2.45) is 0 Å². The zero-order valence-electron chi connectivity index (χ0n) is 11.2. The monoisotopic (exact) mass is 307 g/mol. The lowest BCUT2D eigenvalue weighted by Gasteiger charge is -2.13. The van der Waals surface area contributed by atoms with Crippen LogP contribution in [0.4, 0.5) is 0 Å². The molecule has 0 fully saturated rings. The van der Waals surface area contributed by atoms with Gasteiger partial charge in [-0.3, -0.25) is 0 Å². The van der Waals surface area contributed by atoms with Crippen LogP contribution in [0.1, 0.15) is 29.3 Å². The van der Waals surface area contributed by atoms with Crippen LogP contribution in [-0.2, 0) is 0 Å². The number of hydrogen-bond acceptors (Lipinski definition) is 5. The van der Waals surface area contributed by atoms with E-state index in [1.165, 1.54) is 11.5 Å². The second-order valence-electron chi connectivity index (χ2n) is 4.52. The molecule has 20 heavy (non-hydrogen) atoms. The number of nitrogens with zero attached hydrogens (tertiary/aromatic N) is 2. The lowest BCUT2D eigenvalue weighted by Crippen LogP contribution is -2.21. The maximum atomic E-state index is 6.17. The van der Waals surface area contributed by atoms with Crippen LogP contribution in [0.5, 0.6) is 0 Å². The van der Waals surface area contributed by atoms with Gasteiger partial charge < -0.3 is 9.73 Å². The largest absolute Gasteiger partial charge is 0.457 e. The summed E-state index contributed by atoms with van der Waals surface area (Å²) in [5, 5.41) is 9.13. The summed E-state index contributed by atoms with van der Waals surface area (Å²) in [5.41, 5.74) is 1.65. The van der Waals surface area contributed by atoms with Crippen LogP contribution in [-0.4, -0.2) is 16.1 Å². The maximum Gasteiger partial charge on any atom is 0.152 e. The molecule has 3 rings (SSSR count). The van der Waals surface area contributed by atoms with Gasteiger partial charge in [0.05, 0.1) is 15.6 Å². The Kier molecular flexibility index (Phi) is 3.74. The topological polar surface area (TPSA) is 51.0 Å². The molecule has 3 aromatic rings. The summed E-state index contributed by atoms with van der Waals surface area (Å²) in [6.07, 6.45) is 0. The van der Waals surface area contributed by atoms with Gasteiger partial charge >= 0.3 is 0 Å². The molecule has 0 amide bonds. The summed E-state index contributed by atoms with van der Waals surface area (Å²) in [7, 11) is 0. The Hall–Kier alpha value is -1.43. The number of furan rings is 1. The minimum atomic E-state index is -0.0385. The van der Waals surface area contributed by atoms with E-state index < -0.39 is 0 Å². The smallest absolute Gasteiger partial charge is 0.152 e. The fourth-order valence-electron chi connectivity index (χ4n) is 2.22. The molecule has 0 aliphatic heterocycles. The molecule has 0 aliphatic carbocycles. The van der Waals surface area contributed by atoms with Crippen molar-refractivity contribution < 1.29 is 4.42 Å². The summed E-state index contributed by atoms with van der Waals surface area (Å²) in [6.45, 7) is 4.85. The molecule has 0 saturated heterocycles. The number of para-hydroxylation sites is 1. The summed E-state index contributed by atoms with van der Waals surface area (Å²) >= 11 is 7.56. The molecular formula is C14H14ClN3OS. The van der Waals surface area contributed by atoms with Gasteiger partial charge in [0.15, 0.2) is 5.58 Å². The Morgan fingerprint density at radius 1 is 1.45 bits per heavy atom. The van der Waals surface area contributed by atoms with Crippen LogP contribution in [0.15, 0.2) is 28.7 Å².